The molecule has 0 atom stereocenters. The highest BCUT2D eigenvalue weighted by atomic mass is 32.1. The van der Waals surface area contributed by atoms with Gasteiger partial charge in [-0.3, -0.25) is 9.59 Å². The topological polar surface area (TPSA) is 34.1 Å². The van der Waals surface area contributed by atoms with Crippen LogP contribution in [0.2, 0.25) is 0 Å². The molecule has 0 fully saturated rings. The second-order valence-corrected chi connectivity index (χ2v) is 8.40. The molecule has 5 heteroatoms. The fourth-order valence-electron chi connectivity index (χ4n) is 2.42. The number of aryl methyl sites for hydroxylation is 3. The van der Waals surface area contributed by atoms with Crippen molar-refractivity contribution in [1.82, 2.24) is 0 Å². The Morgan fingerprint density at radius 1 is 0.682 bits per heavy atom. The van der Waals surface area contributed by atoms with Crippen LogP contribution in [-0.4, -0.2) is 12.6 Å². The maximum atomic E-state index is 11.0. The average Bonchev–Trinajstić information content (AvgIpc) is 3.15. The van der Waals surface area contributed by atoms with Crippen molar-refractivity contribution in [2.45, 2.75) is 20.8 Å². The third kappa shape index (κ3) is 2.60. The predicted molar refractivity (Wildman–Crippen MR) is 95.9 cm³/mol. The van der Waals surface area contributed by atoms with Crippen LogP contribution in [0.25, 0.3) is 19.5 Å². The summed E-state index contributed by atoms with van der Waals surface area (Å²) in [7, 11) is 0. The van der Waals surface area contributed by atoms with Gasteiger partial charge in [-0.15, -0.1) is 34.0 Å². The molecule has 0 aliphatic carbocycles. The van der Waals surface area contributed by atoms with E-state index in [2.05, 4.69) is 13.0 Å². The number of carbonyl (C=O) groups excluding carboxylic acids is 2. The van der Waals surface area contributed by atoms with E-state index in [9.17, 15) is 9.59 Å². The van der Waals surface area contributed by atoms with E-state index < -0.39 is 0 Å². The Hall–Kier alpha value is -1.56. The van der Waals surface area contributed by atoms with Crippen LogP contribution in [0.1, 0.15) is 36.0 Å². The first kappa shape index (κ1) is 15.3. The van der Waals surface area contributed by atoms with Crippen molar-refractivity contribution in [3.05, 3.63) is 44.6 Å². The van der Waals surface area contributed by atoms with Crippen molar-refractivity contribution in [2.75, 3.05) is 0 Å². The van der Waals surface area contributed by atoms with Crippen molar-refractivity contribution in [2.24, 2.45) is 0 Å². The van der Waals surface area contributed by atoms with Crippen LogP contribution in [0.3, 0.4) is 0 Å². The minimum atomic E-state index is 0.760. The van der Waals surface area contributed by atoms with Crippen molar-refractivity contribution < 1.29 is 9.59 Å². The van der Waals surface area contributed by atoms with Crippen LogP contribution in [0.15, 0.2) is 18.2 Å². The van der Waals surface area contributed by atoms with E-state index in [0.717, 1.165) is 38.3 Å². The summed E-state index contributed by atoms with van der Waals surface area (Å²) >= 11 is 4.80. The molecule has 0 aromatic carbocycles. The van der Waals surface area contributed by atoms with Gasteiger partial charge in [-0.25, -0.2) is 0 Å². The second kappa shape index (κ2) is 5.91. The highest BCUT2D eigenvalue weighted by molar-refractivity contribution is 7.27. The molecule has 0 saturated heterocycles. The van der Waals surface area contributed by atoms with Crippen molar-refractivity contribution in [3.63, 3.8) is 0 Å². The normalized spacial score (nSPS) is 10.9. The molecule has 0 radical (unpaired) electrons. The molecule has 0 aliphatic heterocycles. The predicted octanol–water partition coefficient (Wildman–Crippen LogP) is 5.76. The SMILES string of the molecule is Cc1cc(C=O)sc1-c1cc(C)c(-c2sc(C=O)cc2C)s1. The summed E-state index contributed by atoms with van der Waals surface area (Å²) in [6.45, 7) is 6.17. The van der Waals surface area contributed by atoms with Gasteiger partial charge < -0.3 is 0 Å². The zero-order valence-electron chi connectivity index (χ0n) is 12.4. The largest absolute Gasteiger partial charge is 0.297 e. The van der Waals surface area contributed by atoms with Crippen LogP contribution in [0.4, 0.5) is 0 Å². The first-order chi connectivity index (χ1) is 10.5. The van der Waals surface area contributed by atoms with Gasteiger partial charge in [-0.05, 0) is 55.7 Å². The van der Waals surface area contributed by atoms with Crippen LogP contribution in [0, 0.1) is 20.8 Å². The van der Waals surface area contributed by atoms with Crippen LogP contribution in [0.5, 0.6) is 0 Å². The van der Waals surface area contributed by atoms with Gasteiger partial charge in [0.25, 0.3) is 0 Å². The second-order valence-electron chi connectivity index (χ2n) is 5.18. The van der Waals surface area contributed by atoms with Gasteiger partial charge in [-0.1, -0.05) is 0 Å². The van der Waals surface area contributed by atoms with Gasteiger partial charge in [0.15, 0.2) is 12.6 Å². The molecule has 3 heterocycles. The van der Waals surface area contributed by atoms with E-state index in [-0.39, 0.29) is 0 Å². The Morgan fingerprint density at radius 2 is 1.14 bits per heavy atom. The van der Waals surface area contributed by atoms with Crippen LogP contribution < -0.4 is 0 Å². The third-order valence-electron chi connectivity index (χ3n) is 3.45. The van der Waals surface area contributed by atoms with E-state index >= 15 is 0 Å². The lowest BCUT2D eigenvalue weighted by Crippen LogP contribution is -1.72. The zero-order chi connectivity index (χ0) is 15.9. The van der Waals surface area contributed by atoms with Crippen molar-refractivity contribution >= 4 is 46.6 Å². The number of hydrogen-bond donors (Lipinski definition) is 0. The molecular weight excluding hydrogens is 332 g/mol. The average molecular weight is 346 g/mol. The quantitative estimate of drug-likeness (QED) is 0.563. The van der Waals surface area contributed by atoms with Crippen LogP contribution >= 0.6 is 34.0 Å². The maximum Gasteiger partial charge on any atom is 0.160 e. The van der Waals surface area contributed by atoms with E-state index in [0.29, 0.717) is 0 Å². The zero-order valence-corrected chi connectivity index (χ0v) is 14.9. The van der Waals surface area contributed by atoms with Gasteiger partial charge in [-0.2, -0.15) is 0 Å². The van der Waals surface area contributed by atoms with Crippen molar-refractivity contribution in [1.29, 1.82) is 0 Å². The fourth-order valence-corrected chi connectivity index (χ4v) is 5.99. The summed E-state index contributed by atoms with van der Waals surface area (Å²) in [6.07, 6.45) is 1.81. The molecular formula is C17H14O2S3. The molecule has 0 saturated carbocycles. The molecule has 0 aliphatic rings. The summed E-state index contributed by atoms with van der Waals surface area (Å²) in [5, 5.41) is 0. The Balaban J connectivity index is 2.10. The van der Waals surface area contributed by atoms with E-state index in [4.69, 9.17) is 0 Å². The highest BCUT2D eigenvalue weighted by Gasteiger charge is 2.16. The molecule has 0 N–H and O–H groups in total. The van der Waals surface area contributed by atoms with Crippen molar-refractivity contribution in [3.8, 4) is 19.5 Å². The summed E-state index contributed by atoms with van der Waals surface area (Å²) in [6, 6.07) is 6.04. The molecule has 112 valence electrons. The van der Waals surface area contributed by atoms with Gasteiger partial charge >= 0.3 is 0 Å². The first-order valence-electron chi connectivity index (χ1n) is 6.76. The standard InChI is InChI=1S/C17H14O2S3/c1-9-4-12(7-18)20-15(9)14-6-11(3)17(22-14)16-10(2)5-13(8-19)21-16/h4-8H,1-3H3. The minimum absolute atomic E-state index is 0.760. The van der Waals surface area contributed by atoms with Gasteiger partial charge in [0.05, 0.1) is 9.75 Å². The molecule has 22 heavy (non-hydrogen) atoms. The Bertz CT molecular complexity index is 865. The third-order valence-corrected chi connectivity index (χ3v) is 7.36. The van der Waals surface area contributed by atoms with E-state index in [1.165, 1.54) is 42.9 Å². The molecule has 0 spiro atoms. The lowest BCUT2D eigenvalue weighted by molar-refractivity contribution is 0.111. The molecule has 3 rings (SSSR count). The lowest BCUT2D eigenvalue weighted by Gasteiger charge is -1.97. The van der Waals surface area contributed by atoms with Gasteiger partial charge in [0.2, 0.25) is 0 Å². The fraction of sp³-hybridized carbons (Fsp3) is 0.176. The Labute approximate surface area is 141 Å². The monoisotopic (exact) mass is 346 g/mol. The number of rotatable bonds is 4. The molecule has 3 aromatic heterocycles. The first-order valence-corrected chi connectivity index (χ1v) is 9.21. The highest BCUT2D eigenvalue weighted by Crippen LogP contribution is 2.44. The molecule has 0 bridgehead atoms. The smallest absolute Gasteiger partial charge is 0.160 e. The Morgan fingerprint density at radius 3 is 1.68 bits per heavy atom. The Kier molecular flexibility index (Phi) is 4.12. The summed E-state index contributed by atoms with van der Waals surface area (Å²) in [4.78, 5) is 28.2. The molecule has 0 unspecified atom stereocenters. The van der Waals surface area contributed by atoms with Crippen LogP contribution in [-0.2, 0) is 0 Å². The number of carbonyl (C=O) groups is 2. The maximum absolute atomic E-state index is 11.0. The number of thiophene rings is 3. The summed E-state index contributed by atoms with van der Waals surface area (Å²) in [5.41, 5.74) is 3.49. The van der Waals surface area contributed by atoms with E-state index in [1.54, 1.807) is 11.3 Å². The van der Waals surface area contributed by atoms with Gasteiger partial charge in [0, 0.05) is 19.5 Å². The molecule has 2 nitrogen and oxygen atoms in total. The molecule has 3 aromatic rings. The number of hydrogen-bond acceptors (Lipinski definition) is 5. The summed E-state index contributed by atoms with van der Waals surface area (Å²) < 4.78 is 0. The lowest BCUT2D eigenvalue weighted by atomic mass is 10.1. The summed E-state index contributed by atoms with van der Waals surface area (Å²) in [5.74, 6) is 0. The molecule has 0 amide bonds. The number of aldehydes is 2. The minimum Gasteiger partial charge on any atom is -0.297 e. The van der Waals surface area contributed by atoms with E-state index in [1.807, 2.05) is 26.0 Å². The van der Waals surface area contributed by atoms with Gasteiger partial charge in [0.1, 0.15) is 0 Å².